The van der Waals surface area contributed by atoms with Crippen LogP contribution in [0, 0.1) is 0 Å². The van der Waals surface area contributed by atoms with Gasteiger partial charge in [-0.1, -0.05) is 0 Å². The first-order chi connectivity index (χ1) is 16.3. The highest BCUT2D eigenvalue weighted by molar-refractivity contribution is 5.88. The Balaban J connectivity index is 1.42. The molecule has 1 saturated heterocycles. The molecule has 0 radical (unpaired) electrons. The maximum atomic E-state index is 13.8. The van der Waals surface area contributed by atoms with Gasteiger partial charge in [0.15, 0.2) is 11.5 Å². The lowest BCUT2D eigenvalue weighted by atomic mass is 10.2. The van der Waals surface area contributed by atoms with Crippen molar-refractivity contribution < 1.29 is 18.0 Å². The van der Waals surface area contributed by atoms with E-state index in [2.05, 4.69) is 35.6 Å². The van der Waals surface area contributed by atoms with Gasteiger partial charge in [-0.3, -0.25) is 10.2 Å². The van der Waals surface area contributed by atoms with E-state index in [0.717, 1.165) is 0 Å². The molecule has 13 heteroatoms. The Morgan fingerprint density at radius 3 is 2.62 bits per heavy atom. The molecule has 0 unspecified atom stereocenters. The number of pyridine rings is 1. The quantitative estimate of drug-likeness (QED) is 0.565. The molecule has 0 aromatic carbocycles. The summed E-state index contributed by atoms with van der Waals surface area (Å²) >= 11 is 0. The summed E-state index contributed by atoms with van der Waals surface area (Å²) in [5.74, 6) is 0.494. The SMILES string of the molecule is CCNC(=O)Nc1cc(CN2CCN(c3ccc(-n4cccn4)nc3C(F)(F)F)CC2)ncn1. The summed E-state index contributed by atoms with van der Waals surface area (Å²) in [7, 11) is 0. The molecule has 0 saturated carbocycles. The molecule has 0 aliphatic carbocycles. The number of carbonyl (C=O) groups is 1. The lowest BCUT2D eigenvalue weighted by molar-refractivity contribution is -0.140. The van der Waals surface area contributed by atoms with Gasteiger partial charge in [0.2, 0.25) is 0 Å². The molecule has 2 amide bonds. The van der Waals surface area contributed by atoms with Crippen LogP contribution < -0.4 is 15.5 Å². The average Bonchev–Trinajstić information content (AvgIpc) is 3.34. The summed E-state index contributed by atoms with van der Waals surface area (Å²) in [6.07, 6.45) is -0.191. The number of carbonyl (C=O) groups excluding carboxylic acids is 1. The number of halogens is 3. The summed E-state index contributed by atoms with van der Waals surface area (Å²) in [4.78, 5) is 27.6. The van der Waals surface area contributed by atoms with Crippen molar-refractivity contribution >= 4 is 17.5 Å². The fraction of sp³-hybridized carbons (Fsp3) is 0.381. The number of urea groups is 1. The minimum atomic E-state index is -4.59. The third-order valence-electron chi connectivity index (χ3n) is 5.27. The van der Waals surface area contributed by atoms with E-state index in [1.165, 1.54) is 29.3 Å². The van der Waals surface area contributed by atoms with E-state index in [9.17, 15) is 18.0 Å². The Kier molecular flexibility index (Phi) is 6.91. The predicted octanol–water partition coefficient (Wildman–Crippen LogP) is 2.54. The van der Waals surface area contributed by atoms with Crippen molar-refractivity contribution in [2.45, 2.75) is 19.6 Å². The zero-order chi connectivity index (χ0) is 24.1. The Bertz CT molecular complexity index is 1110. The number of hydrogen-bond donors (Lipinski definition) is 2. The van der Waals surface area contributed by atoms with Gasteiger partial charge in [-0.25, -0.2) is 24.4 Å². The zero-order valence-corrected chi connectivity index (χ0v) is 18.5. The topological polar surface area (TPSA) is 104 Å². The second kappa shape index (κ2) is 10.0. The van der Waals surface area contributed by atoms with Gasteiger partial charge in [-0.05, 0) is 25.1 Å². The fourth-order valence-corrected chi connectivity index (χ4v) is 3.69. The highest BCUT2D eigenvalue weighted by atomic mass is 19.4. The van der Waals surface area contributed by atoms with Gasteiger partial charge in [0.25, 0.3) is 0 Å². The molecule has 2 N–H and O–H groups in total. The van der Waals surface area contributed by atoms with Gasteiger partial charge in [0, 0.05) is 57.7 Å². The van der Waals surface area contributed by atoms with Gasteiger partial charge < -0.3 is 10.2 Å². The van der Waals surface area contributed by atoms with Crippen LogP contribution >= 0.6 is 0 Å². The Hall–Kier alpha value is -3.74. The minimum absolute atomic E-state index is 0.0542. The summed E-state index contributed by atoms with van der Waals surface area (Å²) < 4.78 is 42.7. The highest BCUT2D eigenvalue weighted by Crippen LogP contribution is 2.36. The van der Waals surface area contributed by atoms with E-state index in [-0.39, 0.29) is 17.5 Å². The standard InChI is InChI=1S/C21H24F3N9O/c1-2-25-20(34)29-17-12-15(26-14-27-17)13-31-8-10-32(11-9-31)16-4-5-18(33-7-3-6-28-33)30-19(16)21(22,23)24/h3-7,12,14H,2,8-11,13H2,1H3,(H2,25,26,27,29,34). The fourth-order valence-electron chi connectivity index (χ4n) is 3.69. The first kappa shape index (κ1) is 23.4. The number of aromatic nitrogens is 5. The van der Waals surface area contributed by atoms with Gasteiger partial charge in [0.1, 0.15) is 12.1 Å². The summed E-state index contributed by atoms with van der Waals surface area (Å²) in [5.41, 5.74) is -0.166. The smallest absolute Gasteiger partial charge is 0.367 e. The Morgan fingerprint density at radius 2 is 1.94 bits per heavy atom. The summed E-state index contributed by atoms with van der Waals surface area (Å²) in [5, 5.41) is 9.22. The first-order valence-corrected chi connectivity index (χ1v) is 10.7. The minimum Gasteiger partial charge on any atom is -0.367 e. The molecule has 34 heavy (non-hydrogen) atoms. The highest BCUT2D eigenvalue weighted by Gasteiger charge is 2.38. The molecule has 3 aromatic rings. The van der Waals surface area contributed by atoms with E-state index in [1.807, 2.05) is 6.92 Å². The number of rotatable bonds is 6. The monoisotopic (exact) mass is 475 g/mol. The average molecular weight is 475 g/mol. The molecular weight excluding hydrogens is 451 g/mol. The van der Waals surface area contributed by atoms with Gasteiger partial charge in [-0.15, -0.1) is 0 Å². The Labute approximate surface area is 193 Å². The molecule has 1 fully saturated rings. The van der Waals surface area contributed by atoms with Crippen molar-refractivity contribution in [1.29, 1.82) is 0 Å². The number of anilines is 2. The van der Waals surface area contributed by atoms with Crippen molar-refractivity contribution in [2.75, 3.05) is 42.9 Å². The molecule has 4 rings (SSSR count). The van der Waals surface area contributed by atoms with Crippen LogP contribution in [0.5, 0.6) is 0 Å². The van der Waals surface area contributed by atoms with Gasteiger partial charge in [-0.2, -0.15) is 18.3 Å². The van der Waals surface area contributed by atoms with E-state index >= 15 is 0 Å². The van der Waals surface area contributed by atoms with Crippen LogP contribution in [0.3, 0.4) is 0 Å². The van der Waals surface area contributed by atoms with Crippen molar-refractivity contribution in [3.05, 3.63) is 54.4 Å². The van der Waals surface area contributed by atoms with Crippen molar-refractivity contribution in [2.24, 2.45) is 0 Å². The number of amides is 2. The number of nitrogens with zero attached hydrogens (tertiary/aromatic N) is 7. The molecule has 1 aliphatic heterocycles. The van der Waals surface area contributed by atoms with Crippen LogP contribution in [-0.4, -0.2) is 68.4 Å². The van der Waals surface area contributed by atoms with E-state index in [4.69, 9.17) is 0 Å². The lowest BCUT2D eigenvalue weighted by Gasteiger charge is -2.36. The maximum absolute atomic E-state index is 13.8. The zero-order valence-electron chi connectivity index (χ0n) is 18.5. The van der Waals surface area contributed by atoms with Crippen molar-refractivity contribution in [3.63, 3.8) is 0 Å². The number of nitrogens with one attached hydrogen (secondary N) is 2. The summed E-state index contributed by atoms with van der Waals surface area (Å²) in [6.45, 7) is 4.69. The first-order valence-electron chi connectivity index (χ1n) is 10.7. The molecule has 0 bridgehead atoms. The van der Waals surface area contributed by atoms with Crippen LogP contribution in [0.1, 0.15) is 18.3 Å². The normalized spacial score (nSPS) is 14.8. The number of hydrogen-bond acceptors (Lipinski definition) is 7. The predicted molar refractivity (Wildman–Crippen MR) is 119 cm³/mol. The van der Waals surface area contributed by atoms with E-state index in [1.54, 1.807) is 23.2 Å². The van der Waals surface area contributed by atoms with Crippen LogP contribution in [-0.2, 0) is 12.7 Å². The van der Waals surface area contributed by atoms with Crippen molar-refractivity contribution in [1.82, 2.24) is 34.9 Å². The van der Waals surface area contributed by atoms with E-state index < -0.39 is 11.9 Å². The van der Waals surface area contributed by atoms with Crippen LogP contribution in [0.4, 0.5) is 29.5 Å². The number of alkyl halides is 3. The second-order valence-corrected chi connectivity index (χ2v) is 7.63. The number of piperazine rings is 1. The Morgan fingerprint density at radius 1 is 1.15 bits per heavy atom. The molecule has 1 aliphatic rings. The van der Waals surface area contributed by atoms with E-state index in [0.29, 0.717) is 50.8 Å². The molecule has 0 atom stereocenters. The molecule has 180 valence electrons. The lowest BCUT2D eigenvalue weighted by Crippen LogP contribution is -2.46. The van der Waals surface area contributed by atoms with Crippen molar-refractivity contribution in [3.8, 4) is 5.82 Å². The summed E-state index contributed by atoms with van der Waals surface area (Å²) in [6, 6.07) is 5.94. The van der Waals surface area contributed by atoms with Crippen LogP contribution in [0.25, 0.3) is 5.82 Å². The maximum Gasteiger partial charge on any atom is 0.435 e. The third kappa shape index (κ3) is 5.60. The second-order valence-electron chi connectivity index (χ2n) is 7.63. The molecule has 3 aromatic heterocycles. The van der Waals surface area contributed by atoms with Crippen LogP contribution in [0.15, 0.2) is 43.0 Å². The third-order valence-corrected chi connectivity index (χ3v) is 5.27. The molecule has 4 heterocycles. The van der Waals surface area contributed by atoms with Gasteiger partial charge in [0.05, 0.1) is 11.4 Å². The van der Waals surface area contributed by atoms with Gasteiger partial charge >= 0.3 is 12.2 Å². The largest absolute Gasteiger partial charge is 0.435 e. The molecular formula is C21H24F3N9O. The van der Waals surface area contributed by atoms with Crippen LogP contribution in [0.2, 0.25) is 0 Å². The molecule has 10 nitrogen and oxygen atoms in total. The molecule has 0 spiro atoms.